The van der Waals surface area contributed by atoms with Gasteiger partial charge in [-0.2, -0.15) is 5.26 Å². The average Bonchev–Trinajstić information content (AvgIpc) is 2.99. The minimum Gasteiger partial charge on any atom is -0.366 e. The average molecular weight is 510 g/mol. The molecule has 0 unspecified atom stereocenters. The second kappa shape index (κ2) is 10.5. The van der Waals surface area contributed by atoms with Gasteiger partial charge in [-0.15, -0.1) is 0 Å². The van der Waals surface area contributed by atoms with Crippen LogP contribution in [0.15, 0.2) is 42.5 Å². The number of nitrogens with zero attached hydrogens (tertiary/aromatic N) is 6. The summed E-state index contributed by atoms with van der Waals surface area (Å²) in [5.74, 6) is 2.01. The van der Waals surface area contributed by atoms with Crippen molar-refractivity contribution in [1.82, 2.24) is 15.2 Å². The zero-order valence-corrected chi connectivity index (χ0v) is 22.1. The smallest absolute Gasteiger partial charge is 0.222 e. The van der Waals surface area contributed by atoms with E-state index in [9.17, 15) is 10.1 Å². The first-order chi connectivity index (χ1) is 18.7. The number of fused-ring (bicyclic) bond motifs is 2. The third kappa shape index (κ3) is 4.41. The van der Waals surface area contributed by atoms with Crippen LogP contribution in [0.5, 0.6) is 0 Å². The van der Waals surface area contributed by atoms with Gasteiger partial charge < -0.3 is 24.9 Å². The summed E-state index contributed by atoms with van der Waals surface area (Å²) in [4.78, 5) is 26.5. The molecule has 2 saturated heterocycles. The van der Waals surface area contributed by atoms with E-state index in [1.807, 2.05) is 11.8 Å². The number of piperazine rings is 2. The van der Waals surface area contributed by atoms with Crippen molar-refractivity contribution in [3.63, 3.8) is 0 Å². The standard InChI is InChI=1S/C30H35N7O/c1-2-28(38)34-16-18-36(19-17-34)30-25(20-31)26-21-37(27-9-5-7-22-6-3-4-8-23(22)27)13-10-24(26)29(33-30)35-14-11-32-12-15-35/h3-9,32H,2,10-19,21H2,1H3. The van der Waals surface area contributed by atoms with Crippen molar-refractivity contribution in [2.75, 3.05) is 73.6 Å². The predicted octanol–water partition coefficient (Wildman–Crippen LogP) is 3.14. The summed E-state index contributed by atoms with van der Waals surface area (Å²) in [6.07, 6.45) is 1.39. The van der Waals surface area contributed by atoms with E-state index in [1.54, 1.807) is 0 Å². The number of amides is 1. The van der Waals surface area contributed by atoms with Crippen LogP contribution in [0.2, 0.25) is 0 Å². The Kier molecular flexibility index (Phi) is 6.77. The van der Waals surface area contributed by atoms with Crippen molar-refractivity contribution in [3.8, 4) is 6.07 Å². The fraction of sp³-hybridized carbons (Fsp3) is 0.433. The summed E-state index contributed by atoms with van der Waals surface area (Å²) in [6, 6.07) is 17.6. The molecule has 3 aromatic rings. The minimum absolute atomic E-state index is 0.191. The summed E-state index contributed by atoms with van der Waals surface area (Å²) in [5, 5.41) is 16.4. The lowest BCUT2D eigenvalue weighted by atomic mass is 9.94. The number of nitrogens with one attached hydrogen (secondary N) is 1. The normalized spacial score (nSPS) is 17.9. The van der Waals surface area contributed by atoms with Crippen LogP contribution in [-0.4, -0.2) is 74.7 Å². The van der Waals surface area contributed by atoms with Crippen LogP contribution in [-0.2, 0) is 17.8 Å². The lowest BCUT2D eigenvalue weighted by molar-refractivity contribution is -0.131. The number of nitriles is 1. The van der Waals surface area contributed by atoms with Gasteiger partial charge >= 0.3 is 0 Å². The highest BCUT2D eigenvalue weighted by molar-refractivity contribution is 5.94. The van der Waals surface area contributed by atoms with Gasteiger partial charge in [-0.25, -0.2) is 4.98 Å². The van der Waals surface area contributed by atoms with Gasteiger partial charge in [0.1, 0.15) is 17.7 Å². The third-order valence-electron chi connectivity index (χ3n) is 8.22. The summed E-state index contributed by atoms with van der Waals surface area (Å²) < 4.78 is 0. The zero-order valence-electron chi connectivity index (χ0n) is 22.1. The van der Waals surface area contributed by atoms with E-state index in [0.717, 1.165) is 56.3 Å². The van der Waals surface area contributed by atoms with Crippen molar-refractivity contribution in [2.45, 2.75) is 26.3 Å². The Balaban J connectivity index is 1.41. The van der Waals surface area contributed by atoms with E-state index in [0.29, 0.717) is 44.7 Å². The van der Waals surface area contributed by atoms with Crippen LogP contribution in [0, 0.1) is 11.3 Å². The molecule has 0 bridgehead atoms. The summed E-state index contributed by atoms with van der Waals surface area (Å²) in [7, 11) is 0. The zero-order chi connectivity index (χ0) is 26.1. The Morgan fingerprint density at radius 2 is 1.63 bits per heavy atom. The number of anilines is 3. The molecular formula is C30H35N7O. The van der Waals surface area contributed by atoms with Crippen molar-refractivity contribution in [3.05, 3.63) is 59.2 Å². The first-order valence-corrected chi connectivity index (χ1v) is 13.8. The van der Waals surface area contributed by atoms with Crippen LogP contribution < -0.4 is 20.0 Å². The van der Waals surface area contributed by atoms with E-state index >= 15 is 0 Å². The molecule has 4 heterocycles. The lowest BCUT2D eigenvalue weighted by Gasteiger charge is -2.40. The van der Waals surface area contributed by atoms with Crippen LogP contribution in [0.25, 0.3) is 10.8 Å². The molecule has 1 amide bonds. The van der Waals surface area contributed by atoms with Crippen LogP contribution in [0.3, 0.4) is 0 Å². The van der Waals surface area contributed by atoms with Gasteiger partial charge in [0, 0.05) is 88.5 Å². The number of benzene rings is 2. The van der Waals surface area contributed by atoms with Crippen molar-refractivity contribution >= 4 is 34.0 Å². The topological polar surface area (TPSA) is 78.7 Å². The summed E-state index contributed by atoms with van der Waals surface area (Å²) in [5.41, 5.74) is 4.24. The van der Waals surface area contributed by atoms with Crippen molar-refractivity contribution in [1.29, 1.82) is 5.26 Å². The van der Waals surface area contributed by atoms with Gasteiger partial charge in [-0.05, 0) is 23.4 Å². The molecule has 1 aromatic heterocycles. The second-order valence-electron chi connectivity index (χ2n) is 10.3. The maximum Gasteiger partial charge on any atom is 0.222 e. The summed E-state index contributed by atoms with van der Waals surface area (Å²) >= 11 is 0. The Labute approximate surface area is 224 Å². The molecule has 1 N–H and O–H groups in total. The number of aromatic nitrogens is 1. The number of hydrogen-bond donors (Lipinski definition) is 1. The molecular weight excluding hydrogens is 474 g/mol. The van der Waals surface area contributed by atoms with E-state index in [4.69, 9.17) is 4.98 Å². The molecule has 8 heteroatoms. The lowest BCUT2D eigenvalue weighted by Crippen LogP contribution is -2.49. The molecule has 2 fully saturated rings. The fourth-order valence-electron chi connectivity index (χ4n) is 6.16. The number of pyridine rings is 1. The maximum absolute atomic E-state index is 12.3. The van der Waals surface area contributed by atoms with Gasteiger partial charge in [0.25, 0.3) is 0 Å². The van der Waals surface area contributed by atoms with Crippen LogP contribution in [0.4, 0.5) is 17.3 Å². The Morgan fingerprint density at radius 3 is 2.39 bits per heavy atom. The number of carbonyl (C=O) groups is 1. The molecule has 8 nitrogen and oxygen atoms in total. The second-order valence-corrected chi connectivity index (χ2v) is 10.3. The highest BCUT2D eigenvalue weighted by Gasteiger charge is 2.32. The molecule has 0 radical (unpaired) electrons. The molecule has 0 atom stereocenters. The Morgan fingerprint density at radius 1 is 0.895 bits per heavy atom. The predicted molar refractivity (Wildman–Crippen MR) is 152 cm³/mol. The highest BCUT2D eigenvalue weighted by atomic mass is 16.2. The van der Waals surface area contributed by atoms with Gasteiger partial charge in [0.2, 0.25) is 5.91 Å². The molecule has 3 aliphatic heterocycles. The van der Waals surface area contributed by atoms with Crippen LogP contribution >= 0.6 is 0 Å². The van der Waals surface area contributed by atoms with Gasteiger partial charge in [-0.3, -0.25) is 4.79 Å². The van der Waals surface area contributed by atoms with E-state index in [1.165, 1.54) is 22.0 Å². The fourth-order valence-corrected chi connectivity index (χ4v) is 6.16. The Hall–Kier alpha value is -3.83. The van der Waals surface area contributed by atoms with E-state index in [-0.39, 0.29) is 5.91 Å². The van der Waals surface area contributed by atoms with Crippen LogP contribution in [0.1, 0.15) is 30.0 Å². The van der Waals surface area contributed by atoms with Gasteiger partial charge in [0.15, 0.2) is 0 Å². The largest absolute Gasteiger partial charge is 0.366 e. The molecule has 3 aliphatic rings. The quantitative estimate of drug-likeness (QED) is 0.579. The number of hydrogen-bond acceptors (Lipinski definition) is 7. The maximum atomic E-state index is 12.3. The van der Waals surface area contributed by atoms with Gasteiger partial charge in [-0.1, -0.05) is 43.3 Å². The van der Waals surface area contributed by atoms with E-state index < -0.39 is 0 Å². The first-order valence-electron chi connectivity index (χ1n) is 13.8. The SMILES string of the molecule is CCC(=O)N1CCN(c2nc(N3CCNCC3)c3c(c2C#N)CN(c2cccc4ccccc24)CC3)CC1. The molecule has 2 aromatic carbocycles. The monoisotopic (exact) mass is 509 g/mol. The molecule has 0 saturated carbocycles. The molecule has 38 heavy (non-hydrogen) atoms. The molecule has 6 rings (SSSR count). The first kappa shape index (κ1) is 24.5. The molecule has 0 aliphatic carbocycles. The third-order valence-corrected chi connectivity index (χ3v) is 8.22. The summed E-state index contributed by atoms with van der Waals surface area (Å²) in [6.45, 7) is 9.92. The van der Waals surface area contributed by atoms with E-state index in [2.05, 4.69) is 68.6 Å². The molecule has 196 valence electrons. The molecule has 0 spiro atoms. The number of carbonyl (C=O) groups excluding carboxylic acids is 1. The highest BCUT2D eigenvalue weighted by Crippen LogP contribution is 2.38. The minimum atomic E-state index is 0.191. The van der Waals surface area contributed by atoms with Crippen molar-refractivity contribution in [2.24, 2.45) is 0 Å². The van der Waals surface area contributed by atoms with Gasteiger partial charge in [0.05, 0.1) is 5.56 Å². The Bertz CT molecular complexity index is 1380. The van der Waals surface area contributed by atoms with Crippen molar-refractivity contribution < 1.29 is 4.79 Å². The number of rotatable bonds is 4.